The van der Waals surface area contributed by atoms with Gasteiger partial charge in [-0.2, -0.15) is 0 Å². The van der Waals surface area contributed by atoms with E-state index < -0.39 is 27.2 Å². The summed E-state index contributed by atoms with van der Waals surface area (Å²) in [5.74, 6) is 0. The normalized spacial score (nSPS) is 12.2. The zero-order chi connectivity index (χ0) is 23.0. The predicted octanol–water partition coefficient (Wildman–Crippen LogP) is 9.18. The van der Waals surface area contributed by atoms with E-state index in [1.54, 1.807) is 13.3 Å². The molecule has 182 valence electrons. The summed E-state index contributed by atoms with van der Waals surface area (Å²) in [4.78, 5) is 1.84. The van der Waals surface area contributed by atoms with Gasteiger partial charge >= 0.3 is 201 Å². The number of unbranched alkanes of at least 4 members (excludes halogenated alkanes) is 10. The molecule has 0 spiro atoms. The molecule has 31 heavy (non-hydrogen) atoms. The topological polar surface area (TPSA) is 0 Å². The van der Waals surface area contributed by atoms with Crippen molar-refractivity contribution in [2.45, 2.75) is 150 Å². The molecule has 0 bridgehead atoms. The standard InChI is InChI=1S/C16H29SSi.3C4H9.Sn/c1-4-5-6-7-8-9-10-11-12-15-16(18(2)3)13-14-17-15;3*1-3-4-2;/h13,18H,4-12H2,1-3H3;3*1,3-4H2,2H3;. The fourth-order valence-electron chi connectivity index (χ4n) is 5.10. The van der Waals surface area contributed by atoms with Crippen molar-refractivity contribution < 1.29 is 0 Å². The van der Waals surface area contributed by atoms with Crippen molar-refractivity contribution in [3.8, 4) is 0 Å². The van der Waals surface area contributed by atoms with E-state index in [9.17, 15) is 0 Å². The molecule has 3 heteroatoms. The molecule has 1 rings (SSSR count). The Bertz CT molecular complexity index is 529. The van der Waals surface area contributed by atoms with Crippen LogP contribution in [0.5, 0.6) is 0 Å². The van der Waals surface area contributed by atoms with Crippen molar-refractivity contribution in [3.05, 3.63) is 10.9 Å². The molecule has 1 aromatic heterocycles. The predicted molar refractivity (Wildman–Crippen MR) is 154 cm³/mol. The molecular weight excluding hydrogens is 515 g/mol. The molecule has 0 N–H and O–H groups in total. The summed E-state index contributed by atoms with van der Waals surface area (Å²) in [5, 5.41) is 1.87. The van der Waals surface area contributed by atoms with Crippen molar-refractivity contribution in [1.29, 1.82) is 0 Å². The Morgan fingerprint density at radius 3 is 1.55 bits per heavy atom. The van der Waals surface area contributed by atoms with E-state index in [1.165, 1.54) is 96.3 Å². The molecule has 0 aliphatic rings. The van der Waals surface area contributed by atoms with Gasteiger partial charge in [0.1, 0.15) is 0 Å². The molecule has 0 unspecified atom stereocenters. The van der Waals surface area contributed by atoms with Crippen LogP contribution in [-0.4, -0.2) is 27.2 Å². The molecule has 0 atom stereocenters. The maximum atomic E-state index is 2.83. The zero-order valence-corrected chi connectivity index (χ0v) is 27.1. The van der Waals surface area contributed by atoms with Gasteiger partial charge in [0.2, 0.25) is 0 Å². The van der Waals surface area contributed by atoms with Gasteiger partial charge in [-0.1, -0.05) is 6.92 Å². The van der Waals surface area contributed by atoms with Gasteiger partial charge in [0, 0.05) is 0 Å². The fourth-order valence-corrected chi connectivity index (χ4v) is 28.3. The van der Waals surface area contributed by atoms with E-state index in [0.717, 1.165) is 0 Å². The molecule has 0 fully saturated rings. The maximum absolute atomic E-state index is 2.83. The van der Waals surface area contributed by atoms with Gasteiger partial charge in [0.15, 0.2) is 0 Å². The number of hydrogen-bond donors (Lipinski definition) is 0. The minimum absolute atomic E-state index is 0.735. The number of aryl methyl sites for hydroxylation is 1. The van der Waals surface area contributed by atoms with Crippen LogP contribution in [0.15, 0.2) is 6.07 Å². The molecule has 0 aromatic carbocycles. The quantitative estimate of drug-likeness (QED) is 0.108. The first-order valence-corrected chi connectivity index (χ1v) is 25.4. The third-order valence-corrected chi connectivity index (χ3v) is 28.7. The van der Waals surface area contributed by atoms with Gasteiger partial charge in [0.25, 0.3) is 0 Å². The molecule has 0 nitrogen and oxygen atoms in total. The first kappa shape index (κ1) is 29.7. The third kappa shape index (κ3) is 11.1. The third-order valence-electron chi connectivity index (χ3n) is 7.27. The number of rotatable bonds is 20. The summed E-state index contributed by atoms with van der Waals surface area (Å²) < 4.78 is 6.88. The van der Waals surface area contributed by atoms with Crippen LogP contribution in [0.3, 0.4) is 0 Å². The van der Waals surface area contributed by atoms with Crippen LogP contribution >= 0.6 is 11.3 Å². The van der Waals surface area contributed by atoms with Crippen LogP contribution in [0.2, 0.25) is 26.4 Å². The summed E-state index contributed by atoms with van der Waals surface area (Å²) >= 11 is 0.105. The second kappa shape index (κ2) is 18.1. The summed E-state index contributed by atoms with van der Waals surface area (Å²) in [6, 6.07) is 2.83. The average molecular weight is 572 g/mol. The van der Waals surface area contributed by atoms with Gasteiger partial charge in [-0.05, 0) is 0 Å². The Balaban J connectivity index is 2.89. The van der Waals surface area contributed by atoms with E-state index in [0.29, 0.717) is 0 Å². The molecule has 1 heterocycles. The molecule has 1 aromatic rings. The van der Waals surface area contributed by atoms with E-state index in [2.05, 4.69) is 58.2 Å². The Hall–Kier alpha value is 0.716. The van der Waals surface area contributed by atoms with Crippen LogP contribution in [0.1, 0.15) is 122 Å². The first-order chi connectivity index (χ1) is 15.0. The van der Waals surface area contributed by atoms with Crippen LogP contribution < -0.4 is 8.08 Å². The molecule has 0 aliphatic carbocycles. The molecule has 0 aliphatic heterocycles. The van der Waals surface area contributed by atoms with Gasteiger partial charge < -0.3 is 0 Å². The summed E-state index contributed by atoms with van der Waals surface area (Å²) in [5.41, 5.74) is 0. The summed E-state index contributed by atoms with van der Waals surface area (Å²) in [7, 11) is -0.735. The molecule has 0 saturated carbocycles. The fraction of sp³-hybridized carbons (Fsp3) is 0.857. The second-order valence-electron chi connectivity index (χ2n) is 10.5. The SMILES string of the molecule is CCCCCCCCCCc1s[c]([Sn]([CH2]CCC)([CH2]CCC)[CH2]CCC)cc1[SiH](C)C. The van der Waals surface area contributed by atoms with E-state index >= 15 is 0 Å². The minimum atomic E-state index is -2.24. The van der Waals surface area contributed by atoms with E-state index in [-0.39, 0.29) is 0 Å². The molecule has 0 amide bonds. The summed E-state index contributed by atoms with van der Waals surface area (Å²) in [6.45, 7) is 14.7. The van der Waals surface area contributed by atoms with Gasteiger partial charge in [-0.3, -0.25) is 0 Å². The number of thiophene rings is 1. The molecule has 0 saturated heterocycles. The van der Waals surface area contributed by atoms with Crippen LogP contribution in [0.4, 0.5) is 0 Å². The van der Waals surface area contributed by atoms with Gasteiger partial charge in [0.05, 0.1) is 0 Å². The van der Waals surface area contributed by atoms with Crippen LogP contribution in [-0.2, 0) is 6.42 Å². The number of hydrogen-bond acceptors (Lipinski definition) is 1. The molecular formula is C28H56SSiSn. The van der Waals surface area contributed by atoms with Crippen molar-refractivity contribution >= 4 is 46.6 Å². The Labute approximate surface area is 206 Å². The molecule has 0 radical (unpaired) electrons. The van der Waals surface area contributed by atoms with Gasteiger partial charge in [-0.15, -0.1) is 0 Å². The average Bonchev–Trinajstić information content (AvgIpc) is 3.20. The van der Waals surface area contributed by atoms with E-state index in [1.807, 2.05) is 13.0 Å². The van der Waals surface area contributed by atoms with E-state index in [4.69, 9.17) is 0 Å². The Kier molecular flexibility index (Phi) is 17.4. The monoisotopic (exact) mass is 572 g/mol. The first-order valence-electron chi connectivity index (χ1n) is 14.2. The van der Waals surface area contributed by atoms with Crippen molar-refractivity contribution in [2.75, 3.05) is 0 Å². The van der Waals surface area contributed by atoms with Gasteiger partial charge in [-0.25, -0.2) is 0 Å². The Morgan fingerprint density at radius 2 is 1.10 bits per heavy atom. The zero-order valence-electron chi connectivity index (χ0n) is 22.3. The summed E-state index contributed by atoms with van der Waals surface area (Å²) in [6.07, 6.45) is 21.5. The Morgan fingerprint density at radius 1 is 0.645 bits per heavy atom. The second-order valence-corrected chi connectivity index (χ2v) is 28.7. The van der Waals surface area contributed by atoms with Crippen LogP contribution in [0.25, 0.3) is 0 Å². The van der Waals surface area contributed by atoms with Crippen molar-refractivity contribution in [2.24, 2.45) is 0 Å². The van der Waals surface area contributed by atoms with Crippen LogP contribution in [0, 0.1) is 0 Å². The van der Waals surface area contributed by atoms with Crippen molar-refractivity contribution in [1.82, 2.24) is 0 Å². The van der Waals surface area contributed by atoms with Crippen molar-refractivity contribution in [3.63, 3.8) is 0 Å².